The predicted octanol–water partition coefficient (Wildman–Crippen LogP) is 2.18. The van der Waals surface area contributed by atoms with Crippen LogP contribution in [0.25, 0.3) is 0 Å². The number of carboxylic acid groups (broad SMARTS) is 1. The van der Waals surface area contributed by atoms with E-state index in [1.807, 2.05) is 12.1 Å². The number of hydrogen-bond donors (Lipinski definition) is 2. The zero-order valence-corrected chi connectivity index (χ0v) is 12.4. The number of halogens is 1. The molecule has 0 aliphatic rings. The third-order valence-corrected chi connectivity index (χ3v) is 3.21. The lowest BCUT2D eigenvalue weighted by molar-refractivity contribution is -0.147. The van der Waals surface area contributed by atoms with Gasteiger partial charge in [0, 0.05) is 16.6 Å². The first-order chi connectivity index (χ1) is 8.99. The summed E-state index contributed by atoms with van der Waals surface area (Å²) in [6, 6.07) is 5.43. The molecule has 0 aliphatic heterocycles. The zero-order valence-electron chi connectivity index (χ0n) is 10.8. The van der Waals surface area contributed by atoms with Gasteiger partial charge >= 0.3 is 5.97 Å². The van der Waals surface area contributed by atoms with Gasteiger partial charge in [-0.3, -0.25) is 9.59 Å². The number of carbonyl (C=O) groups excluding carboxylic acids is 1. The summed E-state index contributed by atoms with van der Waals surface area (Å²) in [6.45, 7) is 1.89. The van der Waals surface area contributed by atoms with E-state index in [-0.39, 0.29) is 13.0 Å². The molecule has 0 aromatic heterocycles. The molecule has 1 atom stereocenters. The SMILES string of the molecule is CCC(C(=O)O)C(=O)NCc1cc(Br)ccc1OC. The maximum Gasteiger partial charge on any atom is 0.316 e. The minimum Gasteiger partial charge on any atom is -0.496 e. The van der Waals surface area contributed by atoms with Crippen molar-refractivity contribution < 1.29 is 19.4 Å². The molecule has 0 aliphatic carbocycles. The Morgan fingerprint density at radius 3 is 2.68 bits per heavy atom. The molecule has 0 radical (unpaired) electrons. The zero-order chi connectivity index (χ0) is 14.4. The highest BCUT2D eigenvalue weighted by Crippen LogP contribution is 2.22. The normalized spacial score (nSPS) is 11.7. The topological polar surface area (TPSA) is 75.6 Å². The average Bonchev–Trinajstić information content (AvgIpc) is 2.37. The van der Waals surface area contributed by atoms with Gasteiger partial charge in [-0.25, -0.2) is 0 Å². The van der Waals surface area contributed by atoms with Crippen LogP contribution in [-0.4, -0.2) is 24.1 Å². The largest absolute Gasteiger partial charge is 0.496 e. The summed E-state index contributed by atoms with van der Waals surface area (Å²) in [6.07, 6.45) is 0.261. The van der Waals surface area contributed by atoms with Gasteiger partial charge in [-0.2, -0.15) is 0 Å². The number of carbonyl (C=O) groups is 2. The Kier molecular flexibility index (Phi) is 5.82. The molecule has 1 unspecified atom stereocenters. The number of ether oxygens (including phenoxy) is 1. The van der Waals surface area contributed by atoms with E-state index in [0.717, 1.165) is 10.0 Å². The van der Waals surface area contributed by atoms with E-state index >= 15 is 0 Å². The summed E-state index contributed by atoms with van der Waals surface area (Å²) in [5.74, 6) is -1.97. The van der Waals surface area contributed by atoms with E-state index in [2.05, 4.69) is 21.2 Å². The Bertz CT molecular complexity index is 476. The second kappa shape index (κ2) is 7.13. The van der Waals surface area contributed by atoms with Crippen LogP contribution in [0.1, 0.15) is 18.9 Å². The lowest BCUT2D eigenvalue weighted by Crippen LogP contribution is -2.34. The fourth-order valence-corrected chi connectivity index (χ4v) is 2.07. The van der Waals surface area contributed by atoms with Crippen LogP contribution in [-0.2, 0) is 16.1 Å². The number of amides is 1. The number of methoxy groups -OCH3 is 1. The molecule has 0 spiro atoms. The van der Waals surface area contributed by atoms with E-state index in [9.17, 15) is 9.59 Å². The number of rotatable bonds is 6. The fraction of sp³-hybridized carbons (Fsp3) is 0.385. The maximum atomic E-state index is 11.7. The summed E-state index contributed by atoms with van der Waals surface area (Å²) < 4.78 is 6.04. The molecular formula is C13H16BrNO4. The van der Waals surface area contributed by atoms with Gasteiger partial charge in [0.1, 0.15) is 11.7 Å². The summed E-state index contributed by atoms with van der Waals surface area (Å²) in [4.78, 5) is 22.6. The second-order valence-corrected chi connectivity index (χ2v) is 4.89. The number of carboxylic acids is 1. The van der Waals surface area contributed by atoms with E-state index in [0.29, 0.717) is 5.75 Å². The number of nitrogens with one attached hydrogen (secondary N) is 1. The van der Waals surface area contributed by atoms with Crippen LogP contribution in [0.2, 0.25) is 0 Å². The smallest absolute Gasteiger partial charge is 0.316 e. The first-order valence-corrected chi connectivity index (χ1v) is 6.61. The molecule has 6 heteroatoms. The Morgan fingerprint density at radius 2 is 2.16 bits per heavy atom. The van der Waals surface area contributed by atoms with Crippen LogP contribution in [0, 0.1) is 5.92 Å². The van der Waals surface area contributed by atoms with Crippen molar-refractivity contribution in [3.63, 3.8) is 0 Å². The van der Waals surface area contributed by atoms with Crippen molar-refractivity contribution in [3.05, 3.63) is 28.2 Å². The van der Waals surface area contributed by atoms with Gasteiger partial charge in [0.25, 0.3) is 0 Å². The van der Waals surface area contributed by atoms with Crippen molar-refractivity contribution in [2.24, 2.45) is 5.92 Å². The highest BCUT2D eigenvalue weighted by atomic mass is 79.9. The van der Waals surface area contributed by atoms with Crippen molar-refractivity contribution in [2.45, 2.75) is 19.9 Å². The lowest BCUT2D eigenvalue weighted by atomic mass is 10.1. The van der Waals surface area contributed by atoms with Gasteiger partial charge in [0.15, 0.2) is 0 Å². The summed E-state index contributed by atoms with van der Waals surface area (Å²) in [5.41, 5.74) is 0.783. The van der Waals surface area contributed by atoms with Crippen LogP contribution in [0.15, 0.2) is 22.7 Å². The Labute approximate surface area is 120 Å². The minimum atomic E-state index is -1.11. The monoisotopic (exact) mass is 329 g/mol. The van der Waals surface area contributed by atoms with E-state index in [4.69, 9.17) is 9.84 Å². The molecule has 1 amide bonds. The molecule has 19 heavy (non-hydrogen) atoms. The van der Waals surface area contributed by atoms with Gasteiger partial charge in [-0.15, -0.1) is 0 Å². The molecule has 1 rings (SSSR count). The number of benzene rings is 1. The highest BCUT2D eigenvalue weighted by Gasteiger charge is 2.23. The molecule has 0 bridgehead atoms. The van der Waals surface area contributed by atoms with Crippen LogP contribution >= 0.6 is 15.9 Å². The minimum absolute atomic E-state index is 0.227. The van der Waals surface area contributed by atoms with Crippen molar-refractivity contribution in [1.82, 2.24) is 5.32 Å². The van der Waals surface area contributed by atoms with Gasteiger partial charge in [-0.1, -0.05) is 22.9 Å². The van der Waals surface area contributed by atoms with Crippen LogP contribution < -0.4 is 10.1 Å². The van der Waals surface area contributed by atoms with Crippen molar-refractivity contribution >= 4 is 27.8 Å². The molecule has 5 nitrogen and oxygen atoms in total. The number of hydrogen-bond acceptors (Lipinski definition) is 3. The van der Waals surface area contributed by atoms with Crippen molar-refractivity contribution in [2.75, 3.05) is 7.11 Å². The van der Waals surface area contributed by atoms with Gasteiger partial charge in [0.05, 0.1) is 7.11 Å². The fourth-order valence-electron chi connectivity index (χ4n) is 1.66. The van der Waals surface area contributed by atoms with Crippen LogP contribution in [0.5, 0.6) is 5.75 Å². The molecule has 1 aromatic carbocycles. The van der Waals surface area contributed by atoms with Gasteiger partial charge in [0.2, 0.25) is 5.91 Å². The molecule has 0 saturated heterocycles. The molecular weight excluding hydrogens is 314 g/mol. The average molecular weight is 330 g/mol. The van der Waals surface area contributed by atoms with Crippen molar-refractivity contribution in [1.29, 1.82) is 0 Å². The molecule has 2 N–H and O–H groups in total. The summed E-state index contributed by atoms with van der Waals surface area (Å²) >= 11 is 3.34. The molecule has 1 aromatic rings. The first-order valence-electron chi connectivity index (χ1n) is 5.82. The van der Waals surface area contributed by atoms with E-state index in [1.165, 1.54) is 0 Å². The molecule has 0 fully saturated rings. The second-order valence-electron chi connectivity index (χ2n) is 3.97. The first kappa shape index (κ1) is 15.5. The van der Waals surface area contributed by atoms with Gasteiger partial charge < -0.3 is 15.2 Å². The van der Waals surface area contributed by atoms with Crippen LogP contribution in [0.4, 0.5) is 0 Å². The van der Waals surface area contributed by atoms with Crippen LogP contribution in [0.3, 0.4) is 0 Å². The molecule has 104 valence electrons. The van der Waals surface area contributed by atoms with Crippen molar-refractivity contribution in [3.8, 4) is 5.75 Å². The molecule has 0 heterocycles. The van der Waals surface area contributed by atoms with E-state index < -0.39 is 17.8 Å². The third kappa shape index (κ3) is 4.24. The number of aliphatic carboxylic acids is 1. The Morgan fingerprint density at radius 1 is 1.47 bits per heavy atom. The summed E-state index contributed by atoms with van der Waals surface area (Å²) in [7, 11) is 1.54. The van der Waals surface area contributed by atoms with E-state index in [1.54, 1.807) is 20.1 Å². The van der Waals surface area contributed by atoms with Gasteiger partial charge in [-0.05, 0) is 24.6 Å². The molecule has 0 saturated carbocycles. The standard InChI is InChI=1S/C13H16BrNO4/c1-3-10(13(17)18)12(16)15-7-8-6-9(14)4-5-11(8)19-2/h4-6,10H,3,7H2,1-2H3,(H,15,16)(H,17,18). The highest BCUT2D eigenvalue weighted by molar-refractivity contribution is 9.10. The predicted molar refractivity (Wildman–Crippen MR) is 74.0 cm³/mol. The quantitative estimate of drug-likeness (QED) is 0.784. The Hall–Kier alpha value is -1.56. The lowest BCUT2D eigenvalue weighted by Gasteiger charge is -2.13. The maximum absolute atomic E-state index is 11.7. The summed E-state index contributed by atoms with van der Waals surface area (Å²) in [5, 5.41) is 11.5. The Balaban J connectivity index is 2.73. The third-order valence-electron chi connectivity index (χ3n) is 2.72.